The number of allylic oxidation sites excluding steroid dienone is 3. The van der Waals surface area contributed by atoms with Crippen molar-refractivity contribution in [3.63, 3.8) is 0 Å². The third-order valence-electron chi connectivity index (χ3n) is 8.22. The fourth-order valence-electron chi connectivity index (χ4n) is 5.25. The minimum atomic E-state index is 0.325. The molecule has 2 heterocycles. The first-order valence-electron chi connectivity index (χ1n) is 18.1. The van der Waals surface area contributed by atoms with Crippen LogP contribution in [-0.4, -0.2) is 20.8 Å². The van der Waals surface area contributed by atoms with Gasteiger partial charge in [-0.2, -0.15) is 5.10 Å². The number of hydrogen-bond acceptors (Lipinski definition) is 5. The molecular weight excluding hydrogens is 625 g/mol. The number of hydrogen-bond donors (Lipinski definition) is 3. The second-order valence-electron chi connectivity index (χ2n) is 11.8. The van der Waals surface area contributed by atoms with Gasteiger partial charge in [-0.3, -0.25) is 0 Å². The summed E-state index contributed by atoms with van der Waals surface area (Å²) >= 11 is 0. The Labute approximate surface area is 310 Å². The van der Waals surface area contributed by atoms with Crippen molar-refractivity contribution in [2.45, 2.75) is 108 Å². The lowest BCUT2D eigenvalue weighted by molar-refractivity contribution is 0.519. The molecule has 51 heavy (non-hydrogen) atoms. The molecule has 0 saturated heterocycles. The van der Waals surface area contributed by atoms with E-state index in [0.29, 0.717) is 19.1 Å². The Balaban J connectivity index is 0.00000144. The average Bonchev–Trinajstić information content (AvgIpc) is 3.81. The lowest BCUT2D eigenvalue weighted by Crippen LogP contribution is -2.21. The molecule has 276 valence electrons. The predicted molar refractivity (Wildman–Crippen MR) is 227 cm³/mol. The summed E-state index contributed by atoms with van der Waals surface area (Å²) in [6.45, 7) is 43.5. The third kappa shape index (κ3) is 14.1. The van der Waals surface area contributed by atoms with E-state index >= 15 is 0 Å². The molecule has 6 heteroatoms. The van der Waals surface area contributed by atoms with Gasteiger partial charge in [0, 0.05) is 31.4 Å². The van der Waals surface area contributed by atoms with Gasteiger partial charge in [0.05, 0.1) is 23.3 Å². The zero-order chi connectivity index (χ0) is 39.1. The van der Waals surface area contributed by atoms with Crippen LogP contribution in [0.5, 0.6) is 0 Å². The number of nitrogens with one attached hydrogen (secondary N) is 3. The summed E-state index contributed by atoms with van der Waals surface area (Å²) in [6, 6.07) is 15.4. The van der Waals surface area contributed by atoms with Crippen LogP contribution in [0.2, 0.25) is 0 Å². The highest BCUT2D eigenvalue weighted by Gasteiger charge is 2.25. The second-order valence-corrected chi connectivity index (χ2v) is 11.8. The van der Waals surface area contributed by atoms with E-state index in [9.17, 15) is 0 Å². The van der Waals surface area contributed by atoms with Crippen LogP contribution in [0.4, 0.5) is 0 Å². The molecule has 6 nitrogen and oxygen atoms in total. The Morgan fingerprint density at radius 1 is 0.941 bits per heavy atom. The van der Waals surface area contributed by atoms with Gasteiger partial charge < -0.3 is 16.0 Å². The van der Waals surface area contributed by atoms with Crippen LogP contribution in [0.1, 0.15) is 118 Å². The zero-order valence-electron chi connectivity index (χ0n) is 33.5. The van der Waals surface area contributed by atoms with Crippen LogP contribution in [0.15, 0.2) is 99.8 Å². The molecule has 1 atom stereocenters. The number of fused-ring (bicyclic) bond motifs is 2. The summed E-state index contributed by atoms with van der Waals surface area (Å²) in [7, 11) is 0. The SMILES string of the molecule is C=C.C=C(C)CC.C=C(NCc1ccc(C)c(C)c1)c1cc(CNC2CCc3c2ccc(C(=C)C)c3C)n2nccc2n1.C=CC=N.CC.CC. The van der Waals surface area contributed by atoms with Gasteiger partial charge in [0.2, 0.25) is 0 Å². The minimum absolute atomic E-state index is 0.325. The van der Waals surface area contributed by atoms with E-state index in [1.54, 1.807) is 6.20 Å². The van der Waals surface area contributed by atoms with Gasteiger partial charge in [-0.05, 0) is 98.9 Å². The Morgan fingerprint density at radius 2 is 1.57 bits per heavy atom. The van der Waals surface area contributed by atoms with Crippen molar-refractivity contribution in [3.05, 3.63) is 150 Å². The smallest absolute Gasteiger partial charge is 0.156 e. The molecule has 0 bridgehead atoms. The molecule has 2 aromatic carbocycles. The first kappa shape index (κ1) is 46.2. The summed E-state index contributed by atoms with van der Waals surface area (Å²) in [6.07, 6.45) is 7.66. The fraction of sp³-hybridized carbons (Fsp3) is 0.356. The van der Waals surface area contributed by atoms with Gasteiger partial charge in [0.25, 0.3) is 0 Å². The summed E-state index contributed by atoms with van der Waals surface area (Å²) in [5.41, 5.74) is 15.3. The second kappa shape index (κ2) is 25.2. The van der Waals surface area contributed by atoms with Crippen molar-refractivity contribution in [1.29, 1.82) is 5.41 Å². The van der Waals surface area contributed by atoms with E-state index in [1.807, 2.05) is 45.2 Å². The molecule has 3 N–H and O–H groups in total. The normalized spacial score (nSPS) is 11.8. The molecule has 0 spiro atoms. The van der Waals surface area contributed by atoms with E-state index < -0.39 is 0 Å². The Morgan fingerprint density at radius 3 is 2.12 bits per heavy atom. The first-order valence-corrected chi connectivity index (χ1v) is 18.1. The molecule has 1 unspecified atom stereocenters. The van der Waals surface area contributed by atoms with Crippen molar-refractivity contribution < 1.29 is 0 Å². The molecule has 4 aromatic rings. The van der Waals surface area contributed by atoms with Gasteiger partial charge in [0.1, 0.15) is 0 Å². The van der Waals surface area contributed by atoms with Crippen LogP contribution < -0.4 is 10.6 Å². The van der Waals surface area contributed by atoms with Crippen molar-refractivity contribution in [2.75, 3.05) is 0 Å². The molecule has 0 aliphatic heterocycles. The lowest BCUT2D eigenvalue weighted by Gasteiger charge is -2.17. The maximum absolute atomic E-state index is 6.21. The van der Waals surface area contributed by atoms with Crippen LogP contribution in [0, 0.1) is 26.2 Å². The van der Waals surface area contributed by atoms with E-state index in [2.05, 4.69) is 126 Å². The molecule has 0 amide bonds. The number of benzene rings is 2. The van der Waals surface area contributed by atoms with Crippen LogP contribution in [0.25, 0.3) is 16.9 Å². The number of nitrogens with zero attached hydrogens (tertiary/aromatic N) is 3. The summed E-state index contributed by atoms with van der Waals surface area (Å²) < 4.78 is 1.92. The predicted octanol–water partition coefficient (Wildman–Crippen LogP) is 11.9. The Hall–Kier alpha value is -4.81. The van der Waals surface area contributed by atoms with Crippen LogP contribution in [0.3, 0.4) is 0 Å². The highest BCUT2D eigenvalue weighted by atomic mass is 15.3. The number of aryl methyl sites for hydroxylation is 2. The minimum Gasteiger partial charge on any atom is -0.380 e. The molecule has 0 radical (unpaired) electrons. The lowest BCUT2D eigenvalue weighted by atomic mass is 9.95. The quantitative estimate of drug-likeness (QED) is 0.114. The zero-order valence-corrected chi connectivity index (χ0v) is 33.5. The summed E-state index contributed by atoms with van der Waals surface area (Å²) in [5.74, 6) is 0. The topological polar surface area (TPSA) is 78.1 Å². The standard InChI is InChI=1S/C31H35N5.C5H10.C3H5N.2C2H6.C2H4/c1-19(2)26-9-10-28-27(22(26)5)11-12-29(28)33-18-25-16-30(35-31-13-14-34-36(25)31)23(6)32-17-24-8-7-20(3)21(4)15-24;1-4-5(2)3;1-2-3-4;3*1-2/h7-10,13-16,29,32-33H,1,6,11-12,17-18H2,2-5H3;2,4H2,1,3H3;2-4H,1H2;2*1-2H3;1-2H2. The van der Waals surface area contributed by atoms with Gasteiger partial charge in [0.15, 0.2) is 5.65 Å². The summed E-state index contributed by atoms with van der Waals surface area (Å²) in [5, 5.41) is 18.0. The monoisotopic (exact) mass is 691 g/mol. The Bertz CT molecular complexity index is 1700. The molecule has 1 aliphatic carbocycles. The van der Waals surface area contributed by atoms with Crippen LogP contribution in [-0.2, 0) is 19.5 Å². The van der Waals surface area contributed by atoms with Crippen LogP contribution >= 0.6 is 0 Å². The van der Waals surface area contributed by atoms with Gasteiger partial charge >= 0.3 is 0 Å². The van der Waals surface area contributed by atoms with Gasteiger partial charge in [-0.1, -0.05) is 102 Å². The first-order chi connectivity index (χ1) is 24.5. The molecule has 5 rings (SSSR count). The molecular formula is C45H66N6. The molecule has 0 saturated carbocycles. The third-order valence-corrected chi connectivity index (χ3v) is 8.22. The van der Waals surface area contributed by atoms with Crippen molar-refractivity contribution in [3.8, 4) is 0 Å². The van der Waals surface area contributed by atoms with Gasteiger partial charge in [-0.25, -0.2) is 9.50 Å². The van der Waals surface area contributed by atoms with E-state index in [-0.39, 0.29) is 0 Å². The largest absolute Gasteiger partial charge is 0.380 e. The average molecular weight is 691 g/mol. The number of rotatable bonds is 10. The maximum atomic E-state index is 6.21. The van der Waals surface area contributed by atoms with E-state index in [4.69, 9.17) is 10.4 Å². The van der Waals surface area contributed by atoms with Gasteiger partial charge in [-0.15, -0.1) is 19.7 Å². The highest BCUT2D eigenvalue weighted by Crippen LogP contribution is 2.36. The van der Waals surface area contributed by atoms with Crippen molar-refractivity contribution in [1.82, 2.24) is 25.2 Å². The molecule has 1 aliphatic rings. The van der Waals surface area contributed by atoms with E-state index in [1.165, 1.54) is 50.6 Å². The van der Waals surface area contributed by atoms with E-state index in [0.717, 1.165) is 53.8 Å². The molecule has 2 aromatic heterocycles. The fourth-order valence-corrected chi connectivity index (χ4v) is 5.25. The number of aromatic nitrogens is 3. The highest BCUT2D eigenvalue weighted by molar-refractivity contribution is 5.67. The van der Waals surface area contributed by atoms with Crippen molar-refractivity contribution in [2.24, 2.45) is 0 Å². The maximum Gasteiger partial charge on any atom is 0.156 e. The summed E-state index contributed by atoms with van der Waals surface area (Å²) in [4.78, 5) is 4.80. The van der Waals surface area contributed by atoms with Crippen molar-refractivity contribution >= 4 is 23.1 Å². The Kier molecular flexibility index (Phi) is 22.8. The molecule has 0 fully saturated rings.